The summed E-state index contributed by atoms with van der Waals surface area (Å²) in [6.45, 7) is 18.6. The van der Waals surface area contributed by atoms with Crippen LogP contribution in [0, 0.1) is 23.7 Å². The molecule has 3 heteroatoms. The molecule has 0 aliphatic heterocycles. The molecule has 3 aromatic carbocycles. The zero-order chi connectivity index (χ0) is 29.6. The van der Waals surface area contributed by atoms with Crippen LogP contribution in [-0.2, 0) is 11.2 Å². The van der Waals surface area contributed by atoms with Crippen LogP contribution in [0.2, 0.25) is 0 Å². The number of benzene rings is 3. The molecule has 0 bridgehead atoms. The standard InChI is InChI=1S/C13H20O.C12H18O.C11H16O/c1-10(2)11(3)13(4,14)12-8-6-5-7-9-12;1-10(2)9-12(3,13)11-7-5-4-6-8-11;1-9(2)8-11(12)10-6-4-3-5-7-10/h5-11,14H,1-4H3;4-8,10,13H,9H2,1-3H3;3-7,9,11-12H,8H2,1-2H3. The van der Waals surface area contributed by atoms with Crippen LogP contribution in [0.3, 0.4) is 0 Å². The van der Waals surface area contributed by atoms with Gasteiger partial charge in [0.15, 0.2) is 0 Å². The normalized spacial score (nSPS) is 15.8. The Labute approximate surface area is 239 Å². The second-order valence-corrected chi connectivity index (χ2v) is 12.3. The highest BCUT2D eigenvalue weighted by Gasteiger charge is 2.31. The van der Waals surface area contributed by atoms with Gasteiger partial charge in [-0.05, 0) is 67.1 Å². The fourth-order valence-electron chi connectivity index (χ4n) is 4.66. The van der Waals surface area contributed by atoms with Crippen molar-refractivity contribution in [3.63, 3.8) is 0 Å². The fraction of sp³-hybridized carbons (Fsp3) is 0.500. The van der Waals surface area contributed by atoms with Crippen molar-refractivity contribution in [3.05, 3.63) is 108 Å². The first-order valence-electron chi connectivity index (χ1n) is 14.5. The van der Waals surface area contributed by atoms with Crippen molar-refractivity contribution < 1.29 is 15.3 Å². The van der Waals surface area contributed by atoms with E-state index in [1.807, 2.05) is 105 Å². The van der Waals surface area contributed by atoms with Crippen LogP contribution in [-0.4, -0.2) is 15.3 Å². The molecule has 0 spiro atoms. The summed E-state index contributed by atoms with van der Waals surface area (Å²) in [7, 11) is 0. The molecule has 0 aliphatic carbocycles. The van der Waals surface area contributed by atoms with E-state index >= 15 is 0 Å². The van der Waals surface area contributed by atoms with E-state index in [4.69, 9.17) is 0 Å². The van der Waals surface area contributed by atoms with Crippen molar-refractivity contribution in [2.45, 2.75) is 92.5 Å². The molecule has 0 aliphatic rings. The maximum Gasteiger partial charge on any atom is 0.0896 e. The third-order valence-electron chi connectivity index (χ3n) is 7.33. The van der Waals surface area contributed by atoms with Gasteiger partial charge in [0, 0.05) is 0 Å². The molecule has 0 fully saturated rings. The van der Waals surface area contributed by atoms with Crippen molar-refractivity contribution in [1.29, 1.82) is 0 Å². The van der Waals surface area contributed by atoms with Gasteiger partial charge >= 0.3 is 0 Å². The number of hydrogen-bond donors (Lipinski definition) is 3. The van der Waals surface area contributed by atoms with Crippen molar-refractivity contribution in [3.8, 4) is 0 Å². The Balaban J connectivity index is 0.000000293. The highest BCUT2D eigenvalue weighted by molar-refractivity contribution is 5.23. The van der Waals surface area contributed by atoms with Gasteiger partial charge in [-0.15, -0.1) is 0 Å². The van der Waals surface area contributed by atoms with Crippen molar-refractivity contribution >= 4 is 0 Å². The minimum Gasteiger partial charge on any atom is -0.388 e. The average Bonchev–Trinajstić information content (AvgIpc) is 2.89. The largest absolute Gasteiger partial charge is 0.388 e. The Kier molecular flexibility index (Phi) is 14.7. The van der Waals surface area contributed by atoms with E-state index in [1.54, 1.807) is 0 Å². The van der Waals surface area contributed by atoms with E-state index < -0.39 is 11.2 Å². The van der Waals surface area contributed by atoms with Gasteiger partial charge in [0.1, 0.15) is 0 Å². The molecular formula is C36H54O3. The van der Waals surface area contributed by atoms with E-state index in [2.05, 4.69) is 48.5 Å². The summed E-state index contributed by atoms with van der Waals surface area (Å²) in [6.07, 6.45) is 1.34. The molecule has 0 heterocycles. The van der Waals surface area contributed by atoms with E-state index in [9.17, 15) is 15.3 Å². The molecule has 39 heavy (non-hydrogen) atoms. The van der Waals surface area contributed by atoms with E-state index in [1.165, 1.54) is 0 Å². The Morgan fingerprint density at radius 2 is 1.00 bits per heavy atom. The summed E-state index contributed by atoms with van der Waals surface area (Å²) < 4.78 is 0. The minimum absolute atomic E-state index is 0.255. The molecule has 4 unspecified atom stereocenters. The lowest BCUT2D eigenvalue weighted by Crippen LogP contribution is -2.33. The SMILES string of the molecule is CC(C)C(C)C(C)(O)c1ccccc1.CC(C)CC(C)(O)c1ccccc1.CC(C)CC(O)c1ccccc1. The molecule has 0 radical (unpaired) electrons. The number of rotatable bonds is 9. The molecule has 3 aromatic rings. The zero-order valence-corrected chi connectivity index (χ0v) is 25.8. The molecule has 3 rings (SSSR count). The first kappa shape index (κ1) is 34.6. The Morgan fingerprint density at radius 3 is 1.38 bits per heavy atom. The van der Waals surface area contributed by atoms with Gasteiger partial charge in [-0.25, -0.2) is 0 Å². The van der Waals surface area contributed by atoms with Crippen LogP contribution in [0.4, 0.5) is 0 Å². The van der Waals surface area contributed by atoms with Gasteiger partial charge in [0.2, 0.25) is 0 Å². The highest BCUT2D eigenvalue weighted by atomic mass is 16.3. The summed E-state index contributed by atoms with van der Waals surface area (Å²) in [5, 5.41) is 30.3. The molecule has 0 amide bonds. The lowest BCUT2D eigenvalue weighted by Gasteiger charge is -2.33. The maximum atomic E-state index is 10.4. The van der Waals surface area contributed by atoms with Crippen molar-refractivity contribution in [2.75, 3.05) is 0 Å². The Bertz CT molecular complexity index is 1010. The van der Waals surface area contributed by atoms with E-state index in [-0.39, 0.29) is 12.0 Å². The predicted octanol–water partition coefficient (Wildman–Crippen LogP) is 8.89. The molecule has 216 valence electrons. The van der Waals surface area contributed by atoms with Gasteiger partial charge in [-0.2, -0.15) is 0 Å². The second kappa shape index (κ2) is 16.6. The number of hydrogen-bond acceptors (Lipinski definition) is 3. The van der Waals surface area contributed by atoms with Crippen LogP contribution < -0.4 is 0 Å². The maximum absolute atomic E-state index is 10.4. The van der Waals surface area contributed by atoms with Gasteiger partial charge in [-0.3, -0.25) is 0 Å². The average molecular weight is 535 g/mol. The highest BCUT2D eigenvalue weighted by Crippen LogP contribution is 2.33. The summed E-state index contributed by atoms with van der Waals surface area (Å²) in [4.78, 5) is 0. The summed E-state index contributed by atoms with van der Waals surface area (Å²) in [6, 6.07) is 29.5. The van der Waals surface area contributed by atoms with Crippen molar-refractivity contribution in [2.24, 2.45) is 23.7 Å². The van der Waals surface area contributed by atoms with Crippen LogP contribution in [0.15, 0.2) is 91.0 Å². The monoisotopic (exact) mass is 534 g/mol. The molecule has 0 aromatic heterocycles. The molecule has 0 saturated carbocycles. The number of aliphatic hydroxyl groups excluding tert-OH is 1. The molecule has 3 nitrogen and oxygen atoms in total. The minimum atomic E-state index is -0.727. The molecule has 3 N–H and O–H groups in total. The third-order valence-corrected chi connectivity index (χ3v) is 7.33. The second-order valence-electron chi connectivity index (χ2n) is 12.3. The lowest BCUT2D eigenvalue weighted by atomic mass is 9.78. The zero-order valence-electron chi connectivity index (χ0n) is 25.8. The molecule has 0 saturated heterocycles. The van der Waals surface area contributed by atoms with Crippen LogP contribution in [0.5, 0.6) is 0 Å². The van der Waals surface area contributed by atoms with Crippen LogP contribution in [0.1, 0.15) is 97.9 Å². The fourth-order valence-corrected chi connectivity index (χ4v) is 4.66. The quantitative estimate of drug-likeness (QED) is 0.257. The number of aliphatic hydroxyl groups is 3. The van der Waals surface area contributed by atoms with Crippen LogP contribution in [0.25, 0.3) is 0 Å². The molecular weight excluding hydrogens is 480 g/mol. The topological polar surface area (TPSA) is 60.7 Å². The van der Waals surface area contributed by atoms with Gasteiger partial charge in [-0.1, -0.05) is 139 Å². The van der Waals surface area contributed by atoms with Gasteiger partial charge < -0.3 is 15.3 Å². The van der Waals surface area contributed by atoms with Gasteiger partial charge in [0.25, 0.3) is 0 Å². The lowest BCUT2D eigenvalue weighted by molar-refractivity contribution is -0.0174. The summed E-state index contributed by atoms with van der Waals surface area (Å²) in [5.41, 5.74) is 1.61. The molecule has 4 atom stereocenters. The predicted molar refractivity (Wildman–Crippen MR) is 166 cm³/mol. The summed E-state index contributed by atoms with van der Waals surface area (Å²) >= 11 is 0. The van der Waals surface area contributed by atoms with Gasteiger partial charge in [0.05, 0.1) is 17.3 Å². The first-order chi connectivity index (χ1) is 18.2. The summed E-state index contributed by atoms with van der Waals surface area (Å²) in [5.74, 6) is 1.78. The van der Waals surface area contributed by atoms with Crippen molar-refractivity contribution in [1.82, 2.24) is 0 Å². The Hall–Kier alpha value is -2.46. The van der Waals surface area contributed by atoms with Crippen LogP contribution >= 0.6 is 0 Å². The smallest absolute Gasteiger partial charge is 0.0896 e. The van der Waals surface area contributed by atoms with E-state index in [0.717, 1.165) is 29.5 Å². The van der Waals surface area contributed by atoms with E-state index in [0.29, 0.717) is 17.8 Å². The third kappa shape index (κ3) is 12.5. The first-order valence-corrected chi connectivity index (χ1v) is 14.5. The Morgan fingerprint density at radius 1 is 0.590 bits per heavy atom.